The Morgan fingerprint density at radius 3 is 0.838 bits per heavy atom. The maximum atomic E-state index is 5.17. The van der Waals surface area contributed by atoms with Crippen LogP contribution < -0.4 is 0 Å². The molecule has 0 spiro atoms. The van der Waals surface area contributed by atoms with Crippen LogP contribution in [0, 0.1) is 0 Å². The fraction of sp³-hybridized carbons (Fsp3) is 0.235. The third kappa shape index (κ3) is 21.7. The van der Waals surface area contributed by atoms with E-state index in [1.807, 2.05) is 206 Å². The molecule has 0 aliphatic heterocycles. The second kappa shape index (κ2) is 55.4. The zero-order valence-corrected chi connectivity index (χ0v) is 92.8. The van der Waals surface area contributed by atoms with Crippen LogP contribution in [0.3, 0.4) is 0 Å². The van der Waals surface area contributed by atoms with Crippen LogP contribution in [0.2, 0.25) is 0 Å². The van der Waals surface area contributed by atoms with Crippen molar-refractivity contribution < 1.29 is 0 Å². The smallest absolute Gasteiger partial charge is 0.235 e. The van der Waals surface area contributed by atoms with Crippen LogP contribution in [0.5, 0.6) is 0 Å². The molecule has 0 fully saturated rings. The first-order valence-corrected chi connectivity index (χ1v) is 55.0. The maximum absolute atomic E-state index is 5.17. The molecule has 12 heteroatoms. The fourth-order valence-electron chi connectivity index (χ4n) is 19.8. The van der Waals surface area contributed by atoms with Crippen molar-refractivity contribution in [3.05, 3.63) is 409 Å². The van der Waals surface area contributed by atoms with Gasteiger partial charge in [-0.05, 0) is 133 Å². The Kier molecular flexibility index (Phi) is 42.1. The number of hydrogen-bond acceptors (Lipinski definition) is 8. The molecule has 756 valence electrons. The van der Waals surface area contributed by atoms with Crippen molar-refractivity contribution in [2.24, 2.45) is 0 Å². The minimum atomic E-state index is 0.725. The molecule has 4 aliphatic carbocycles. The Bertz CT molecular complexity index is 8240. The number of benzene rings is 16. The molecule has 0 atom stereocenters. The number of para-hydroxylation sites is 8. The van der Waals surface area contributed by atoms with E-state index in [2.05, 4.69) is 370 Å². The molecular formula is C136H152N12. The first-order chi connectivity index (χ1) is 73.5. The average Bonchev–Trinajstić information content (AvgIpc) is 1.39. The van der Waals surface area contributed by atoms with Crippen molar-refractivity contribution in [3.8, 4) is 68.6 Å². The lowest BCUT2D eigenvalue weighted by molar-refractivity contribution is 0.939. The Hall–Kier alpha value is -15.9. The van der Waals surface area contributed by atoms with Crippen molar-refractivity contribution >= 4 is 131 Å². The topological polar surface area (TPSA) is 123 Å². The number of aromatic nitrogens is 12. The van der Waals surface area contributed by atoms with E-state index in [9.17, 15) is 0 Å². The van der Waals surface area contributed by atoms with Crippen LogP contribution in [-0.2, 0) is 25.7 Å². The van der Waals surface area contributed by atoms with Crippen molar-refractivity contribution in [3.63, 3.8) is 0 Å². The van der Waals surface area contributed by atoms with Crippen LogP contribution in [0.4, 0.5) is 0 Å². The third-order valence-corrected chi connectivity index (χ3v) is 25.0. The monoisotopic (exact) mass is 1950 g/mol. The van der Waals surface area contributed by atoms with E-state index in [0.29, 0.717) is 0 Å². The highest BCUT2D eigenvalue weighted by molar-refractivity contribution is 6.14. The lowest BCUT2D eigenvalue weighted by atomic mass is 9.87. The molecular weight excluding hydrogens is 1800 g/mol. The van der Waals surface area contributed by atoms with Gasteiger partial charge in [0.15, 0.2) is 0 Å². The summed E-state index contributed by atoms with van der Waals surface area (Å²) in [5, 5.41) is 17.4. The summed E-state index contributed by atoms with van der Waals surface area (Å²) in [4.78, 5) is 40.3. The molecule has 0 saturated carbocycles. The molecule has 148 heavy (non-hydrogen) atoms. The summed E-state index contributed by atoms with van der Waals surface area (Å²) in [6, 6.07) is 124. The predicted octanol–water partition coefficient (Wildman–Crippen LogP) is 39.6. The molecule has 12 nitrogen and oxygen atoms in total. The van der Waals surface area contributed by atoms with Crippen LogP contribution in [0.25, 0.3) is 199 Å². The van der Waals surface area contributed by atoms with Gasteiger partial charge in [0.1, 0.15) is 0 Å². The van der Waals surface area contributed by atoms with Gasteiger partial charge in [0.05, 0.1) is 77.9 Å². The summed E-state index contributed by atoms with van der Waals surface area (Å²) < 4.78 is 8.77. The van der Waals surface area contributed by atoms with Gasteiger partial charge >= 0.3 is 0 Å². The predicted molar refractivity (Wildman–Crippen MR) is 647 cm³/mol. The molecule has 28 rings (SSSR count). The summed E-state index contributed by atoms with van der Waals surface area (Å²) >= 11 is 0. The van der Waals surface area contributed by atoms with Gasteiger partial charge in [-0.3, -0.25) is 18.3 Å². The van der Waals surface area contributed by atoms with Crippen LogP contribution in [0.1, 0.15) is 239 Å². The van der Waals surface area contributed by atoms with Gasteiger partial charge in [0.25, 0.3) is 0 Å². The summed E-state index contributed by atoms with van der Waals surface area (Å²) in [5.74, 6) is 2.93. The third-order valence-electron chi connectivity index (χ3n) is 25.0. The largest absolute Gasteiger partial charge is 0.278 e. The molecule has 8 aromatic heterocycles. The zero-order valence-electron chi connectivity index (χ0n) is 92.8. The minimum Gasteiger partial charge on any atom is -0.278 e. The van der Waals surface area contributed by atoms with Crippen LogP contribution in [-0.4, -0.2) is 58.1 Å². The molecule has 8 heterocycles. The Labute approximate surface area is 879 Å². The lowest BCUT2D eigenvalue weighted by Gasteiger charge is -2.20. The molecule has 16 aromatic carbocycles. The molecule has 24 aromatic rings. The quantitative estimate of drug-likeness (QED) is 0.171. The van der Waals surface area contributed by atoms with E-state index in [0.717, 1.165) is 133 Å². The van der Waals surface area contributed by atoms with Gasteiger partial charge in [0, 0.05) is 108 Å². The van der Waals surface area contributed by atoms with Crippen molar-refractivity contribution in [2.75, 3.05) is 0 Å². The standard InChI is InChI=1S/4C27H17N3.14C2H6/c1-3-13-23-20(10-1)21-11-2-4-14-24(21)30(23)27-28-16-19-15-18-9-5-7-17-8-6-12-22(25(17)18)26(19)29-27;1-3-13-24-19(10-1)20-11-2-4-14-25(20)30(24)27-28-16-22-21-12-6-8-17-7-5-9-18(26(17)21)15-23(22)29-27;1-2-10-19-17(8-1)16-18-9-7-13-22-25(18)26(19)29-27(28-22)30-23-14-5-3-11-20(23)21-12-4-6-15-24(21)30;1-2-9-18-17(8-1)16-23-26-21(18)12-7-13-22(26)28-27(29-23)30-24-14-5-3-10-19(24)20-11-4-6-15-25(20)30;14*1-2/h2*1-14,16H,15H2;2*1-15H,16H2;14*1-2H3. The molecule has 0 N–H and O–H groups in total. The maximum Gasteiger partial charge on any atom is 0.235 e. The van der Waals surface area contributed by atoms with Gasteiger partial charge in [-0.25, -0.2) is 39.9 Å². The van der Waals surface area contributed by atoms with Gasteiger partial charge in [-0.15, -0.1) is 0 Å². The van der Waals surface area contributed by atoms with Crippen molar-refractivity contribution in [2.45, 2.75) is 220 Å². The van der Waals surface area contributed by atoms with Gasteiger partial charge in [-0.1, -0.05) is 485 Å². The van der Waals surface area contributed by atoms with Crippen molar-refractivity contribution in [1.82, 2.24) is 58.1 Å². The molecule has 0 radical (unpaired) electrons. The summed E-state index contributed by atoms with van der Waals surface area (Å²) in [5.41, 5.74) is 30.5. The summed E-state index contributed by atoms with van der Waals surface area (Å²) in [7, 11) is 0. The Balaban J connectivity index is 0.000000173. The van der Waals surface area contributed by atoms with Crippen molar-refractivity contribution in [1.29, 1.82) is 0 Å². The fourth-order valence-corrected chi connectivity index (χ4v) is 19.8. The second-order valence-electron chi connectivity index (χ2n) is 31.6. The van der Waals surface area contributed by atoms with E-state index < -0.39 is 0 Å². The van der Waals surface area contributed by atoms with Crippen LogP contribution in [0.15, 0.2) is 364 Å². The SMILES string of the molecule is CC.CC.CC.CC.CC.CC.CC.CC.CC.CC.CC.CC.CC.CC.c1cc2c3c(cccc3c1)-c1cnc(-n3c4ccccc4c4ccccc43)nc1C2.c1cc2c3c(cccc3c1)-c1nc(-n3c4ccccc4c4ccccc43)ncc1C2.c1ccc2c(c1)Cc1cccc3nc(-n4c5ccccc5c5ccccc54)nc-2c13.c1ccc2c(c1)Cc1nc(-n3c4ccccc4c4ccccc43)nc3cccc-2c13. The van der Waals surface area contributed by atoms with Gasteiger partial charge in [-0.2, -0.15) is 0 Å². The average molecular weight is 1950 g/mol. The molecule has 0 saturated heterocycles. The highest BCUT2D eigenvalue weighted by atomic mass is 15.2. The number of fused-ring (bicyclic) bond motifs is 20. The normalized spacial score (nSPS) is 10.7. The van der Waals surface area contributed by atoms with E-state index in [1.165, 1.54) is 137 Å². The molecule has 0 amide bonds. The number of hydrogen-bond donors (Lipinski definition) is 0. The zero-order chi connectivity index (χ0) is 107. The van der Waals surface area contributed by atoms with Gasteiger partial charge < -0.3 is 0 Å². The Morgan fingerprint density at radius 2 is 0.419 bits per heavy atom. The number of nitrogens with zero attached hydrogens (tertiary/aromatic N) is 12. The summed E-state index contributed by atoms with van der Waals surface area (Å²) in [6.07, 6.45) is 7.48. The van der Waals surface area contributed by atoms with Gasteiger partial charge in [0.2, 0.25) is 23.8 Å². The first-order valence-electron chi connectivity index (χ1n) is 55.0. The molecule has 4 aliphatic rings. The lowest BCUT2D eigenvalue weighted by Crippen LogP contribution is -2.09. The Morgan fingerprint density at radius 1 is 0.162 bits per heavy atom. The van der Waals surface area contributed by atoms with E-state index >= 15 is 0 Å². The van der Waals surface area contributed by atoms with E-state index in [-0.39, 0.29) is 0 Å². The second-order valence-corrected chi connectivity index (χ2v) is 31.6. The first kappa shape index (κ1) is 112. The van der Waals surface area contributed by atoms with Crippen LogP contribution >= 0.6 is 0 Å². The molecule has 0 bridgehead atoms. The number of rotatable bonds is 4. The summed E-state index contributed by atoms with van der Waals surface area (Å²) in [6.45, 7) is 56.0. The van der Waals surface area contributed by atoms with E-state index in [1.54, 1.807) is 0 Å². The highest BCUT2D eigenvalue weighted by Gasteiger charge is 2.29. The molecule has 0 unspecified atom stereocenters. The van der Waals surface area contributed by atoms with E-state index in [4.69, 9.17) is 39.9 Å². The minimum absolute atomic E-state index is 0.725. The highest BCUT2D eigenvalue weighted by Crippen LogP contribution is 2.46.